The number of benzene rings is 2. The SMILES string of the molecule is COc1ccc(C(O)Cc2ccc(Cl)cc2F)cc1C. The number of aliphatic hydroxyl groups is 1. The molecule has 20 heavy (non-hydrogen) atoms. The van der Waals surface area contributed by atoms with E-state index in [0.717, 1.165) is 16.9 Å². The highest BCUT2D eigenvalue weighted by Crippen LogP contribution is 2.26. The monoisotopic (exact) mass is 294 g/mol. The Labute approximate surface area is 122 Å². The van der Waals surface area contributed by atoms with Crippen molar-refractivity contribution in [1.82, 2.24) is 0 Å². The summed E-state index contributed by atoms with van der Waals surface area (Å²) in [7, 11) is 1.60. The molecular formula is C16H16ClFO2. The van der Waals surface area contributed by atoms with E-state index >= 15 is 0 Å². The molecule has 0 aliphatic carbocycles. The van der Waals surface area contributed by atoms with E-state index in [2.05, 4.69) is 0 Å². The standard InChI is InChI=1S/C16H16ClFO2/c1-10-7-12(4-6-16(10)20-2)15(19)8-11-3-5-13(17)9-14(11)18/h3-7,9,15,19H,8H2,1-2H3. The summed E-state index contributed by atoms with van der Waals surface area (Å²) in [6.07, 6.45) is -0.565. The minimum atomic E-state index is -0.768. The molecule has 1 atom stereocenters. The van der Waals surface area contributed by atoms with Gasteiger partial charge in [-0.2, -0.15) is 0 Å². The van der Waals surface area contributed by atoms with E-state index in [0.29, 0.717) is 10.6 Å². The summed E-state index contributed by atoms with van der Waals surface area (Å²) in [6.45, 7) is 1.90. The Kier molecular flexibility index (Phi) is 4.63. The Bertz CT molecular complexity index is 613. The fourth-order valence-electron chi connectivity index (χ4n) is 2.12. The summed E-state index contributed by atoms with van der Waals surface area (Å²) in [5.74, 6) is 0.361. The van der Waals surface area contributed by atoms with Crippen molar-refractivity contribution in [3.05, 3.63) is 63.9 Å². The Hall–Kier alpha value is -1.58. The second-order valence-corrected chi connectivity index (χ2v) is 5.12. The molecule has 0 saturated carbocycles. The third-order valence-electron chi connectivity index (χ3n) is 3.23. The van der Waals surface area contributed by atoms with Crippen LogP contribution in [0.5, 0.6) is 5.75 Å². The number of methoxy groups -OCH3 is 1. The van der Waals surface area contributed by atoms with Gasteiger partial charge in [0.05, 0.1) is 13.2 Å². The van der Waals surface area contributed by atoms with E-state index in [9.17, 15) is 9.50 Å². The number of ether oxygens (including phenoxy) is 1. The Morgan fingerprint density at radius 3 is 2.60 bits per heavy atom. The van der Waals surface area contributed by atoms with Gasteiger partial charge < -0.3 is 9.84 Å². The molecule has 0 aliphatic rings. The maximum Gasteiger partial charge on any atom is 0.127 e. The number of hydrogen-bond acceptors (Lipinski definition) is 2. The van der Waals surface area contributed by atoms with Crippen molar-refractivity contribution in [1.29, 1.82) is 0 Å². The van der Waals surface area contributed by atoms with Crippen molar-refractivity contribution in [3.63, 3.8) is 0 Å². The zero-order chi connectivity index (χ0) is 14.7. The van der Waals surface area contributed by atoms with Gasteiger partial charge in [0.2, 0.25) is 0 Å². The summed E-state index contributed by atoms with van der Waals surface area (Å²) in [5.41, 5.74) is 2.11. The van der Waals surface area contributed by atoms with Gasteiger partial charge in [-0.15, -0.1) is 0 Å². The van der Waals surface area contributed by atoms with Crippen LogP contribution in [0.2, 0.25) is 5.02 Å². The lowest BCUT2D eigenvalue weighted by Gasteiger charge is -2.14. The topological polar surface area (TPSA) is 29.5 Å². The van der Waals surface area contributed by atoms with Crippen molar-refractivity contribution in [2.24, 2.45) is 0 Å². The van der Waals surface area contributed by atoms with E-state index in [1.807, 2.05) is 13.0 Å². The number of aryl methyl sites for hydroxylation is 1. The second-order valence-electron chi connectivity index (χ2n) is 4.68. The molecule has 0 radical (unpaired) electrons. The average Bonchev–Trinajstić information content (AvgIpc) is 2.41. The summed E-state index contributed by atoms with van der Waals surface area (Å²) in [5, 5.41) is 10.6. The van der Waals surface area contributed by atoms with Gasteiger partial charge >= 0.3 is 0 Å². The van der Waals surface area contributed by atoms with Crippen molar-refractivity contribution in [3.8, 4) is 5.75 Å². The maximum atomic E-state index is 13.7. The predicted molar refractivity (Wildman–Crippen MR) is 77.8 cm³/mol. The van der Waals surface area contributed by atoms with Gasteiger partial charge in [-0.1, -0.05) is 23.7 Å². The van der Waals surface area contributed by atoms with Gasteiger partial charge in [0.1, 0.15) is 11.6 Å². The van der Waals surface area contributed by atoms with Crippen LogP contribution in [-0.4, -0.2) is 12.2 Å². The van der Waals surface area contributed by atoms with E-state index < -0.39 is 11.9 Å². The van der Waals surface area contributed by atoms with Crippen LogP contribution < -0.4 is 4.74 Å². The third kappa shape index (κ3) is 3.30. The summed E-state index contributed by atoms with van der Waals surface area (Å²) in [4.78, 5) is 0. The van der Waals surface area contributed by atoms with E-state index in [4.69, 9.17) is 16.3 Å². The van der Waals surface area contributed by atoms with Crippen LogP contribution in [0.3, 0.4) is 0 Å². The van der Waals surface area contributed by atoms with Crippen molar-refractivity contribution < 1.29 is 14.2 Å². The number of rotatable bonds is 4. The lowest BCUT2D eigenvalue weighted by molar-refractivity contribution is 0.177. The Morgan fingerprint density at radius 2 is 2.00 bits per heavy atom. The van der Waals surface area contributed by atoms with Crippen LogP contribution in [0.1, 0.15) is 22.8 Å². The largest absolute Gasteiger partial charge is 0.496 e. The highest BCUT2D eigenvalue weighted by molar-refractivity contribution is 6.30. The minimum Gasteiger partial charge on any atom is -0.496 e. The molecule has 2 nitrogen and oxygen atoms in total. The molecule has 106 valence electrons. The first-order valence-electron chi connectivity index (χ1n) is 6.28. The van der Waals surface area contributed by atoms with Crippen molar-refractivity contribution >= 4 is 11.6 Å². The molecule has 0 aliphatic heterocycles. The van der Waals surface area contributed by atoms with Gasteiger partial charge in [0.15, 0.2) is 0 Å². The van der Waals surface area contributed by atoms with Gasteiger partial charge in [-0.25, -0.2) is 4.39 Å². The highest BCUT2D eigenvalue weighted by atomic mass is 35.5. The quantitative estimate of drug-likeness (QED) is 0.921. The van der Waals surface area contributed by atoms with Gasteiger partial charge in [-0.3, -0.25) is 0 Å². The first kappa shape index (κ1) is 14.8. The van der Waals surface area contributed by atoms with Crippen LogP contribution in [0, 0.1) is 12.7 Å². The predicted octanol–water partition coefficient (Wildman–Crippen LogP) is 4.07. The molecule has 0 saturated heterocycles. The molecular weight excluding hydrogens is 279 g/mol. The average molecular weight is 295 g/mol. The first-order chi connectivity index (χ1) is 9.51. The molecule has 0 bridgehead atoms. The van der Waals surface area contributed by atoms with Gasteiger partial charge in [-0.05, 0) is 47.9 Å². The number of aliphatic hydroxyl groups excluding tert-OH is 1. The van der Waals surface area contributed by atoms with Crippen molar-refractivity contribution in [2.45, 2.75) is 19.4 Å². The zero-order valence-corrected chi connectivity index (χ0v) is 12.1. The fraction of sp³-hybridized carbons (Fsp3) is 0.250. The fourth-order valence-corrected chi connectivity index (χ4v) is 2.28. The molecule has 1 unspecified atom stereocenters. The molecule has 4 heteroatoms. The third-order valence-corrected chi connectivity index (χ3v) is 3.47. The molecule has 2 rings (SSSR count). The van der Waals surface area contributed by atoms with Gasteiger partial charge in [0, 0.05) is 11.4 Å². The highest BCUT2D eigenvalue weighted by Gasteiger charge is 2.13. The van der Waals surface area contributed by atoms with Gasteiger partial charge in [0.25, 0.3) is 0 Å². The molecule has 2 aromatic carbocycles. The molecule has 0 spiro atoms. The van der Waals surface area contributed by atoms with Crippen LogP contribution in [0.25, 0.3) is 0 Å². The van der Waals surface area contributed by atoms with Crippen LogP contribution >= 0.6 is 11.6 Å². The molecule has 0 heterocycles. The first-order valence-corrected chi connectivity index (χ1v) is 6.65. The molecule has 1 N–H and O–H groups in total. The normalized spacial score (nSPS) is 12.2. The van der Waals surface area contributed by atoms with Crippen LogP contribution in [0.4, 0.5) is 4.39 Å². The van der Waals surface area contributed by atoms with Crippen molar-refractivity contribution in [2.75, 3.05) is 7.11 Å². The molecule has 0 amide bonds. The summed E-state index contributed by atoms with van der Waals surface area (Å²) >= 11 is 5.71. The van der Waals surface area contributed by atoms with E-state index in [1.54, 1.807) is 31.4 Å². The van der Waals surface area contributed by atoms with Crippen LogP contribution in [0.15, 0.2) is 36.4 Å². The Morgan fingerprint density at radius 1 is 1.25 bits per heavy atom. The lowest BCUT2D eigenvalue weighted by Crippen LogP contribution is -2.04. The summed E-state index contributed by atoms with van der Waals surface area (Å²) < 4.78 is 18.9. The smallest absolute Gasteiger partial charge is 0.127 e. The second kappa shape index (κ2) is 6.25. The van der Waals surface area contributed by atoms with E-state index in [1.165, 1.54) is 6.07 Å². The zero-order valence-electron chi connectivity index (χ0n) is 11.4. The number of hydrogen-bond donors (Lipinski definition) is 1. The Balaban J connectivity index is 2.19. The van der Waals surface area contributed by atoms with Crippen LogP contribution in [-0.2, 0) is 6.42 Å². The number of halogens is 2. The summed E-state index contributed by atoms with van der Waals surface area (Å²) in [6, 6.07) is 9.89. The maximum absolute atomic E-state index is 13.7. The molecule has 2 aromatic rings. The molecule has 0 aromatic heterocycles. The minimum absolute atomic E-state index is 0.203. The lowest BCUT2D eigenvalue weighted by atomic mass is 9.99. The molecule has 0 fully saturated rings. The van der Waals surface area contributed by atoms with E-state index in [-0.39, 0.29) is 6.42 Å².